The Morgan fingerprint density at radius 3 is 3.04 bits per heavy atom. The Kier molecular flexibility index (Phi) is 3.75. The number of fused-ring (bicyclic) bond motifs is 3. The van der Waals surface area contributed by atoms with E-state index in [2.05, 4.69) is 32.4 Å². The molecule has 0 amide bonds. The predicted octanol–water partition coefficient (Wildman–Crippen LogP) is 3.97. The summed E-state index contributed by atoms with van der Waals surface area (Å²) >= 11 is 1.80. The molecule has 0 saturated heterocycles. The van der Waals surface area contributed by atoms with Gasteiger partial charge in [0.05, 0.1) is 11.6 Å². The molecular weight excluding hydrogens is 306 g/mol. The summed E-state index contributed by atoms with van der Waals surface area (Å²) in [5, 5.41) is 5.47. The number of thiophene rings is 1. The molecule has 0 bridgehead atoms. The van der Waals surface area contributed by atoms with Crippen LogP contribution in [0.3, 0.4) is 0 Å². The lowest BCUT2D eigenvalue weighted by atomic mass is 9.89. The molecule has 1 aliphatic rings. The van der Waals surface area contributed by atoms with Crippen molar-refractivity contribution in [3.63, 3.8) is 0 Å². The fourth-order valence-corrected chi connectivity index (χ4v) is 4.35. The quantitative estimate of drug-likeness (QED) is 0.585. The van der Waals surface area contributed by atoms with Crippen LogP contribution < -0.4 is 5.43 Å². The van der Waals surface area contributed by atoms with Crippen LogP contribution in [-0.4, -0.2) is 21.2 Å². The van der Waals surface area contributed by atoms with E-state index in [9.17, 15) is 0 Å². The zero-order valence-corrected chi connectivity index (χ0v) is 13.7. The summed E-state index contributed by atoms with van der Waals surface area (Å²) in [7, 11) is 0. The van der Waals surface area contributed by atoms with E-state index in [-0.39, 0.29) is 0 Å². The summed E-state index contributed by atoms with van der Waals surface area (Å²) in [5.41, 5.74) is 5.50. The second-order valence-electron chi connectivity index (χ2n) is 5.79. The molecule has 0 radical (unpaired) electrons. The summed E-state index contributed by atoms with van der Waals surface area (Å²) in [5.74, 6) is 1.41. The van der Waals surface area contributed by atoms with Crippen molar-refractivity contribution in [3.05, 3.63) is 46.9 Å². The number of anilines is 1. The third-order valence-corrected chi connectivity index (χ3v) is 5.59. The van der Waals surface area contributed by atoms with Gasteiger partial charge in [-0.3, -0.25) is 10.4 Å². The maximum absolute atomic E-state index is 4.45. The van der Waals surface area contributed by atoms with Crippen molar-refractivity contribution in [2.75, 3.05) is 5.43 Å². The minimum Gasteiger partial charge on any atom is -0.265 e. The maximum Gasteiger partial charge on any atom is 0.158 e. The Morgan fingerprint density at radius 2 is 2.17 bits per heavy atom. The number of hydrazone groups is 1. The summed E-state index contributed by atoms with van der Waals surface area (Å²) in [4.78, 5) is 15.4. The Morgan fingerprint density at radius 1 is 1.30 bits per heavy atom. The Hall–Kier alpha value is -2.34. The highest BCUT2D eigenvalue weighted by atomic mass is 32.1. The monoisotopic (exact) mass is 323 g/mol. The first-order valence-corrected chi connectivity index (χ1v) is 8.60. The summed E-state index contributed by atoms with van der Waals surface area (Å²) < 4.78 is 0. The third kappa shape index (κ3) is 2.70. The molecule has 5 nitrogen and oxygen atoms in total. The lowest BCUT2D eigenvalue weighted by Gasteiger charge is -2.18. The molecule has 116 valence electrons. The second-order valence-corrected chi connectivity index (χ2v) is 6.82. The van der Waals surface area contributed by atoms with Crippen LogP contribution in [0.15, 0.2) is 36.0 Å². The summed E-state index contributed by atoms with van der Waals surface area (Å²) in [6.45, 7) is 2.30. The smallest absolute Gasteiger partial charge is 0.158 e. The molecule has 23 heavy (non-hydrogen) atoms. The number of nitrogens with zero attached hydrogens (tertiary/aromatic N) is 4. The van der Waals surface area contributed by atoms with Crippen LogP contribution in [0.1, 0.15) is 41.7 Å². The lowest BCUT2D eigenvalue weighted by Crippen LogP contribution is -2.04. The van der Waals surface area contributed by atoms with Crippen molar-refractivity contribution >= 4 is 33.6 Å². The van der Waals surface area contributed by atoms with Gasteiger partial charge in [-0.15, -0.1) is 11.3 Å². The number of nitrogens with one attached hydrogen (secondary N) is 1. The number of hydrogen-bond acceptors (Lipinski definition) is 6. The second kappa shape index (κ2) is 6.04. The molecule has 1 aliphatic carbocycles. The van der Waals surface area contributed by atoms with Crippen molar-refractivity contribution < 1.29 is 0 Å². The fraction of sp³-hybridized carbons (Fsp3) is 0.294. The van der Waals surface area contributed by atoms with E-state index in [0.717, 1.165) is 28.0 Å². The highest BCUT2D eigenvalue weighted by Crippen LogP contribution is 2.43. The van der Waals surface area contributed by atoms with Gasteiger partial charge in [-0.1, -0.05) is 6.92 Å². The van der Waals surface area contributed by atoms with Crippen LogP contribution >= 0.6 is 11.3 Å². The molecule has 0 aromatic carbocycles. The van der Waals surface area contributed by atoms with Gasteiger partial charge in [0.15, 0.2) is 5.82 Å². The minimum atomic E-state index is 0.617. The van der Waals surface area contributed by atoms with Crippen molar-refractivity contribution in [2.24, 2.45) is 5.10 Å². The van der Waals surface area contributed by atoms with E-state index in [1.165, 1.54) is 23.3 Å². The van der Waals surface area contributed by atoms with Crippen LogP contribution in [0.25, 0.3) is 10.2 Å². The van der Waals surface area contributed by atoms with Gasteiger partial charge in [-0.25, -0.2) is 9.97 Å². The zero-order chi connectivity index (χ0) is 15.6. The van der Waals surface area contributed by atoms with E-state index >= 15 is 0 Å². The average Bonchev–Trinajstić information content (AvgIpc) is 2.97. The lowest BCUT2D eigenvalue weighted by molar-refractivity contribution is 0.604. The van der Waals surface area contributed by atoms with Crippen LogP contribution in [0.4, 0.5) is 5.82 Å². The Balaban J connectivity index is 1.69. The topological polar surface area (TPSA) is 63.1 Å². The molecule has 1 N–H and O–H groups in total. The number of hydrogen-bond donors (Lipinski definition) is 1. The van der Waals surface area contributed by atoms with Crippen LogP contribution in [0.2, 0.25) is 0 Å². The van der Waals surface area contributed by atoms with Gasteiger partial charge in [0, 0.05) is 17.3 Å². The SMILES string of the molecule is CC1CCCc2c1sc1ncnc(N/N=C/c3ccncc3)c21. The number of aryl methyl sites for hydroxylation is 1. The number of rotatable bonds is 3. The van der Waals surface area contributed by atoms with E-state index in [1.807, 2.05) is 12.1 Å². The zero-order valence-electron chi connectivity index (χ0n) is 12.9. The summed E-state index contributed by atoms with van der Waals surface area (Å²) in [6.07, 6.45) is 10.5. The molecule has 4 rings (SSSR count). The van der Waals surface area contributed by atoms with Crippen molar-refractivity contribution in [3.8, 4) is 0 Å². The molecule has 1 atom stereocenters. The molecular formula is C17H17N5S. The van der Waals surface area contributed by atoms with Gasteiger partial charge in [-0.05, 0) is 48.4 Å². The molecule has 0 aliphatic heterocycles. The van der Waals surface area contributed by atoms with Crippen molar-refractivity contribution in [1.29, 1.82) is 0 Å². The average molecular weight is 323 g/mol. The molecule has 3 heterocycles. The van der Waals surface area contributed by atoms with Gasteiger partial charge in [0.1, 0.15) is 11.2 Å². The van der Waals surface area contributed by atoms with Crippen LogP contribution in [0, 0.1) is 0 Å². The summed E-state index contributed by atoms with van der Waals surface area (Å²) in [6, 6.07) is 3.82. The molecule has 3 aromatic heterocycles. The van der Waals surface area contributed by atoms with Gasteiger partial charge in [0.2, 0.25) is 0 Å². The van der Waals surface area contributed by atoms with Crippen LogP contribution in [-0.2, 0) is 6.42 Å². The molecule has 0 saturated carbocycles. The van der Waals surface area contributed by atoms with E-state index in [1.54, 1.807) is 36.3 Å². The molecule has 0 fully saturated rings. The largest absolute Gasteiger partial charge is 0.265 e. The molecule has 0 spiro atoms. The highest BCUT2D eigenvalue weighted by molar-refractivity contribution is 7.19. The van der Waals surface area contributed by atoms with E-state index in [4.69, 9.17) is 0 Å². The van der Waals surface area contributed by atoms with Gasteiger partial charge >= 0.3 is 0 Å². The fourth-order valence-electron chi connectivity index (χ4n) is 3.07. The minimum absolute atomic E-state index is 0.617. The molecule has 6 heteroatoms. The third-order valence-electron chi connectivity index (χ3n) is 4.22. The van der Waals surface area contributed by atoms with E-state index < -0.39 is 0 Å². The maximum atomic E-state index is 4.45. The Bertz CT molecular complexity index is 856. The predicted molar refractivity (Wildman–Crippen MR) is 94.2 cm³/mol. The van der Waals surface area contributed by atoms with Gasteiger partial charge < -0.3 is 0 Å². The van der Waals surface area contributed by atoms with Gasteiger partial charge in [-0.2, -0.15) is 5.10 Å². The Labute approximate surface area is 138 Å². The number of aromatic nitrogens is 3. The standard InChI is InChI=1S/C17H17N5S/c1-11-3-2-4-13-14-16(19-10-20-17(14)23-15(11)13)22-21-9-12-5-7-18-8-6-12/h5-11H,2-4H2,1H3,(H,19,20,22)/b21-9+. The highest BCUT2D eigenvalue weighted by Gasteiger charge is 2.24. The number of pyridine rings is 1. The molecule has 3 aromatic rings. The van der Waals surface area contributed by atoms with E-state index in [0.29, 0.717) is 5.92 Å². The first-order chi connectivity index (χ1) is 11.3. The van der Waals surface area contributed by atoms with Gasteiger partial charge in [0.25, 0.3) is 0 Å². The molecule has 1 unspecified atom stereocenters. The van der Waals surface area contributed by atoms with Crippen molar-refractivity contribution in [2.45, 2.75) is 32.1 Å². The normalized spacial score (nSPS) is 17.5. The van der Waals surface area contributed by atoms with Crippen LogP contribution in [0.5, 0.6) is 0 Å². The van der Waals surface area contributed by atoms with Crippen molar-refractivity contribution in [1.82, 2.24) is 15.0 Å². The first-order valence-electron chi connectivity index (χ1n) is 7.78. The first kappa shape index (κ1) is 14.3.